The zero-order chi connectivity index (χ0) is 13.0. The summed E-state index contributed by atoms with van der Waals surface area (Å²) in [6.45, 7) is 5.31. The first kappa shape index (κ1) is 13.9. The molecular weight excluding hydrogens is 224 g/mol. The third-order valence-corrected chi connectivity index (χ3v) is 4.60. The Hall–Kier alpha value is -0.570. The second kappa shape index (κ2) is 6.55. The highest BCUT2D eigenvalue weighted by atomic mass is 16.2. The highest BCUT2D eigenvalue weighted by molar-refractivity contribution is 5.84. The van der Waals surface area contributed by atoms with E-state index in [9.17, 15) is 4.79 Å². The molecule has 0 bridgehead atoms. The van der Waals surface area contributed by atoms with E-state index in [1.807, 2.05) is 0 Å². The van der Waals surface area contributed by atoms with Crippen molar-refractivity contribution in [1.82, 2.24) is 10.2 Å². The molecule has 3 atom stereocenters. The maximum Gasteiger partial charge on any atom is 0.241 e. The minimum Gasteiger partial charge on any atom is -0.326 e. The molecule has 0 radical (unpaired) electrons. The lowest BCUT2D eigenvalue weighted by molar-refractivity contribution is -0.131. The smallest absolute Gasteiger partial charge is 0.241 e. The molecule has 2 fully saturated rings. The summed E-state index contributed by atoms with van der Waals surface area (Å²) in [4.78, 5) is 14.5. The molecule has 3 heteroatoms. The summed E-state index contributed by atoms with van der Waals surface area (Å²) in [5.41, 5.74) is 0. The molecule has 1 N–H and O–H groups in total. The summed E-state index contributed by atoms with van der Waals surface area (Å²) < 4.78 is 0. The average molecular weight is 252 g/mol. The van der Waals surface area contributed by atoms with Crippen LogP contribution in [0.15, 0.2) is 0 Å². The van der Waals surface area contributed by atoms with E-state index in [0.717, 1.165) is 25.4 Å². The predicted octanol–water partition coefficient (Wildman–Crippen LogP) is 2.90. The van der Waals surface area contributed by atoms with Crippen LogP contribution in [0.5, 0.6) is 0 Å². The molecule has 0 aromatic heterocycles. The van der Waals surface area contributed by atoms with Crippen molar-refractivity contribution in [3.05, 3.63) is 0 Å². The number of hydrogen-bond acceptors (Lipinski definition) is 2. The monoisotopic (exact) mass is 252 g/mol. The largest absolute Gasteiger partial charge is 0.326 e. The molecule has 1 saturated heterocycles. The molecule has 1 aliphatic carbocycles. The zero-order valence-electron chi connectivity index (χ0n) is 12.0. The zero-order valence-corrected chi connectivity index (χ0v) is 12.0. The summed E-state index contributed by atoms with van der Waals surface area (Å²) >= 11 is 0. The fraction of sp³-hybridized carbons (Fsp3) is 0.933. The number of nitrogens with zero attached hydrogens (tertiary/aromatic N) is 1. The van der Waals surface area contributed by atoms with Crippen LogP contribution in [0.2, 0.25) is 0 Å². The molecule has 18 heavy (non-hydrogen) atoms. The van der Waals surface area contributed by atoms with Gasteiger partial charge in [0.15, 0.2) is 0 Å². The Bertz CT molecular complexity index is 280. The van der Waals surface area contributed by atoms with E-state index in [0.29, 0.717) is 11.9 Å². The van der Waals surface area contributed by atoms with Gasteiger partial charge in [0, 0.05) is 6.04 Å². The molecule has 1 aliphatic heterocycles. The van der Waals surface area contributed by atoms with Crippen molar-refractivity contribution in [3.8, 4) is 0 Å². The number of amides is 1. The molecule has 0 aromatic rings. The molecule has 104 valence electrons. The van der Waals surface area contributed by atoms with Gasteiger partial charge < -0.3 is 4.90 Å². The van der Waals surface area contributed by atoms with Crippen LogP contribution in [0.3, 0.4) is 0 Å². The molecule has 3 nitrogen and oxygen atoms in total. The van der Waals surface area contributed by atoms with Crippen molar-refractivity contribution in [2.75, 3.05) is 6.67 Å². The summed E-state index contributed by atoms with van der Waals surface area (Å²) in [6, 6.07) is 0.604. The number of carbonyl (C=O) groups is 1. The van der Waals surface area contributed by atoms with Gasteiger partial charge in [-0.05, 0) is 31.6 Å². The minimum absolute atomic E-state index is 0.102. The maximum absolute atomic E-state index is 12.4. The SMILES string of the molecule is CCCCC1NCN(C2CCCC(C)CC2)C1=O. The van der Waals surface area contributed by atoms with Crippen LogP contribution in [-0.4, -0.2) is 29.6 Å². The van der Waals surface area contributed by atoms with E-state index in [1.54, 1.807) is 0 Å². The Morgan fingerprint density at radius 1 is 1.28 bits per heavy atom. The molecule has 1 heterocycles. The second-order valence-electron chi connectivity index (χ2n) is 6.13. The van der Waals surface area contributed by atoms with Crippen LogP contribution < -0.4 is 5.32 Å². The van der Waals surface area contributed by atoms with Crippen molar-refractivity contribution < 1.29 is 4.79 Å². The van der Waals surface area contributed by atoms with Crippen LogP contribution in [-0.2, 0) is 4.79 Å². The van der Waals surface area contributed by atoms with Gasteiger partial charge in [0.25, 0.3) is 0 Å². The maximum atomic E-state index is 12.4. The van der Waals surface area contributed by atoms with E-state index in [4.69, 9.17) is 0 Å². The van der Waals surface area contributed by atoms with Crippen LogP contribution >= 0.6 is 0 Å². The highest BCUT2D eigenvalue weighted by Crippen LogP contribution is 2.27. The lowest BCUT2D eigenvalue weighted by atomic mass is 10.0. The average Bonchev–Trinajstić information content (AvgIpc) is 2.58. The molecule has 3 unspecified atom stereocenters. The third kappa shape index (κ3) is 3.25. The molecule has 2 aliphatic rings. The van der Waals surface area contributed by atoms with Gasteiger partial charge in [-0.15, -0.1) is 0 Å². The molecule has 1 amide bonds. The normalized spacial score (nSPS) is 33.8. The summed E-state index contributed by atoms with van der Waals surface area (Å²) in [5.74, 6) is 1.21. The summed E-state index contributed by atoms with van der Waals surface area (Å²) in [6.07, 6.45) is 9.65. The van der Waals surface area contributed by atoms with Crippen LogP contribution in [0.25, 0.3) is 0 Å². The molecule has 0 aromatic carbocycles. The molecule has 2 rings (SSSR count). The summed E-state index contributed by atoms with van der Waals surface area (Å²) in [5, 5.41) is 3.40. The third-order valence-electron chi connectivity index (χ3n) is 4.60. The lowest BCUT2D eigenvalue weighted by Crippen LogP contribution is -2.38. The van der Waals surface area contributed by atoms with Crippen LogP contribution in [0.1, 0.15) is 65.2 Å². The number of carbonyl (C=O) groups excluding carboxylic acids is 1. The van der Waals surface area contributed by atoms with E-state index in [2.05, 4.69) is 24.1 Å². The first-order valence-corrected chi connectivity index (χ1v) is 7.76. The quantitative estimate of drug-likeness (QED) is 0.780. The van der Waals surface area contributed by atoms with Gasteiger partial charge >= 0.3 is 0 Å². The fourth-order valence-electron chi connectivity index (χ4n) is 3.30. The van der Waals surface area contributed by atoms with Crippen LogP contribution in [0, 0.1) is 5.92 Å². The Morgan fingerprint density at radius 2 is 2.11 bits per heavy atom. The van der Waals surface area contributed by atoms with E-state index in [1.165, 1.54) is 38.5 Å². The van der Waals surface area contributed by atoms with Gasteiger partial charge in [0.05, 0.1) is 12.7 Å². The van der Waals surface area contributed by atoms with Gasteiger partial charge in [-0.1, -0.05) is 39.5 Å². The van der Waals surface area contributed by atoms with E-state index in [-0.39, 0.29) is 6.04 Å². The second-order valence-corrected chi connectivity index (χ2v) is 6.13. The number of nitrogens with one attached hydrogen (secondary N) is 1. The molecular formula is C15H28N2O. The van der Waals surface area contributed by atoms with E-state index < -0.39 is 0 Å². The van der Waals surface area contributed by atoms with E-state index >= 15 is 0 Å². The minimum atomic E-state index is 0.102. The van der Waals surface area contributed by atoms with Gasteiger partial charge in [0.1, 0.15) is 0 Å². The molecule has 0 spiro atoms. The van der Waals surface area contributed by atoms with Crippen molar-refractivity contribution in [2.24, 2.45) is 5.92 Å². The topological polar surface area (TPSA) is 32.3 Å². The van der Waals surface area contributed by atoms with Gasteiger partial charge in [-0.25, -0.2) is 0 Å². The Morgan fingerprint density at radius 3 is 2.89 bits per heavy atom. The lowest BCUT2D eigenvalue weighted by Gasteiger charge is -2.26. The van der Waals surface area contributed by atoms with Gasteiger partial charge in [-0.3, -0.25) is 10.1 Å². The van der Waals surface area contributed by atoms with Crippen molar-refractivity contribution in [3.63, 3.8) is 0 Å². The highest BCUT2D eigenvalue weighted by Gasteiger charge is 2.35. The van der Waals surface area contributed by atoms with Gasteiger partial charge in [0.2, 0.25) is 5.91 Å². The van der Waals surface area contributed by atoms with Crippen molar-refractivity contribution >= 4 is 5.91 Å². The Kier molecular flexibility index (Phi) is 5.04. The summed E-state index contributed by atoms with van der Waals surface area (Å²) in [7, 11) is 0. The first-order valence-electron chi connectivity index (χ1n) is 7.76. The van der Waals surface area contributed by atoms with Crippen molar-refractivity contribution in [1.29, 1.82) is 0 Å². The Labute approximate surface area is 111 Å². The van der Waals surface area contributed by atoms with Crippen LogP contribution in [0.4, 0.5) is 0 Å². The predicted molar refractivity (Wildman–Crippen MR) is 74.2 cm³/mol. The molecule has 1 saturated carbocycles. The Balaban J connectivity index is 1.87. The number of hydrogen-bond donors (Lipinski definition) is 1. The van der Waals surface area contributed by atoms with Crippen molar-refractivity contribution in [2.45, 2.75) is 77.3 Å². The first-order chi connectivity index (χ1) is 8.72. The number of rotatable bonds is 4. The number of unbranched alkanes of at least 4 members (excludes halogenated alkanes) is 1. The standard InChI is InChI=1S/C15H28N2O/c1-3-4-8-14-15(18)17(11-16-14)13-7-5-6-12(2)9-10-13/h12-14,16H,3-11H2,1-2H3. The van der Waals surface area contributed by atoms with Gasteiger partial charge in [-0.2, -0.15) is 0 Å². The fourth-order valence-corrected chi connectivity index (χ4v) is 3.30.